The molecule has 6 nitrogen and oxygen atoms in total. The van der Waals surface area contributed by atoms with Crippen LogP contribution in [0.3, 0.4) is 0 Å². The standard InChI is InChI=1S/C17H19N3O3/c21-16(13-5-1-2-6-13)18-11-12-4-3-7-14(10-12)20-9-8-15(19-20)17(22)23/h3-4,7-10,13H,1-2,5-6,11H2,(H,18,21)(H,22,23). The lowest BCUT2D eigenvalue weighted by Gasteiger charge is -2.11. The van der Waals surface area contributed by atoms with Gasteiger partial charge in [-0.15, -0.1) is 0 Å². The van der Waals surface area contributed by atoms with E-state index >= 15 is 0 Å². The number of carboxylic acids is 1. The maximum atomic E-state index is 12.1. The Morgan fingerprint density at radius 3 is 2.74 bits per heavy atom. The molecular weight excluding hydrogens is 294 g/mol. The van der Waals surface area contributed by atoms with Gasteiger partial charge in [0.15, 0.2) is 5.69 Å². The molecule has 0 saturated heterocycles. The Balaban J connectivity index is 1.67. The van der Waals surface area contributed by atoms with Gasteiger partial charge in [-0.05, 0) is 36.6 Å². The van der Waals surface area contributed by atoms with Gasteiger partial charge in [-0.1, -0.05) is 25.0 Å². The van der Waals surface area contributed by atoms with E-state index in [1.165, 1.54) is 10.7 Å². The van der Waals surface area contributed by atoms with Crippen LogP contribution in [0.1, 0.15) is 41.7 Å². The molecule has 1 aromatic heterocycles. The third-order valence-electron chi connectivity index (χ3n) is 4.18. The molecule has 1 amide bonds. The molecule has 2 N–H and O–H groups in total. The number of carbonyl (C=O) groups is 2. The normalized spacial score (nSPS) is 14.8. The van der Waals surface area contributed by atoms with E-state index in [1.54, 1.807) is 6.20 Å². The molecule has 0 bridgehead atoms. The van der Waals surface area contributed by atoms with E-state index in [-0.39, 0.29) is 17.5 Å². The number of benzene rings is 1. The zero-order chi connectivity index (χ0) is 16.2. The second-order valence-electron chi connectivity index (χ2n) is 5.82. The van der Waals surface area contributed by atoms with Gasteiger partial charge in [0.1, 0.15) is 0 Å². The van der Waals surface area contributed by atoms with Crippen molar-refractivity contribution in [2.45, 2.75) is 32.2 Å². The van der Waals surface area contributed by atoms with Crippen molar-refractivity contribution in [2.24, 2.45) is 5.92 Å². The summed E-state index contributed by atoms with van der Waals surface area (Å²) in [6.07, 6.45) is 5.85. The van der Waals surface area contributed by atoms with Crippen molar-refractivity contribution in [1.82, 2.24) is 15.1 Å². The van der Waals surface area contributed by atoms with Gasteiger partial charge in [0.05, 0.1) is 5.69 Å². The predicted octanol–water partition coefficient (Wildman–Crippen LogP) is 2.38. The fourth-order valence-corrected chi connectivity index (χ4v) is 2.91. The third-order valence-corrected chi connectivity index (χ3v) is 4.18. The summed E-state index contributed by atoms with van der Waals surface area (Å²) < 4.78 is 1.52. The molecule has 0 spiro atoms. The highest BCUT2D eigenvalue weighted by atomic mass is 16.4. The fraction of sp³-hybridized carbons (Fsp3) is 0.353. The number of hydrogen-bond acceptors (Lipinski definition) is 3. The van der Waals surface area contributed by atoms with Gasteiger partial charge in [-0.2, -0.15) is 5.10 Å². The molecule has 1 saturated carbocycles. The van der Waals surface area contributed by atoms with Crippen molar-refractivity contribution in [3.63, 3.8) is 0 Å². The Morgan fingerprint density at radius 1 is 1.26 bits per heavy atom. The van der Waals surface area contributed by atoms with Crippen molar-refractivity contribution >= 4 is 11.9 Å². The molecule has 120 valence electrons. The van der Waals surface area contributed by atoms with Crippen LogP contribution < -0.4 is 5.32 Å². The molecule has 3 rings (SSSR count). The number of hydrogen-bond donors (Lipinski definition) is 2. The van der Waals surface area contributed by atoms with Crippen LogP contribution in [-0.2, 0) is 11.3 Å². The molecule has 2 aromatic rings. The van der Waals surface area contributed by atoms with Crippen LogP contribution in [0.5, 0.6) is 0 Å². The zero-order valence-electron chi connectivity index (χ0n) is 12.7. The minimum absolute atomic E-state index is 0.00457. The van der Waals surface area contributed by atoms with Gasteiger partial charge in [0.2, 0.25) is 5.91 Å². The van der Waals surface area contributed by atoms with E-state index < -0.39 is 5.97 Å². The number of aromatic carboxylic acids is 1. The largest absolute Gasteiger partial charge is 0.476 e. The van der Waals surface area contributed by atoms with Crippen LogP contribution >= 0.6 is 0 Å². The van der Waals surface area contributed by atoms with Crippen LogP contribution in [-0.4, -0.2) is 26.8 Å². The minimum Gasteiger partial charge on any atom is -0.476 e. The lowest BCUT2D eigenvalue weighted by Crippen LogP contribution is -2.28. The number of nitrogens with zero attached hydrogens (tertiary/aromatic N) is 2. The van der Waals surface area contributed by atoms with Crippen LogP contribution in [0.4, 0.5) is 0 Å². The first-order valence-corrected chi connectivity index (χ1v) is 7.79. The first kappa shape index (κ1) is 15.3. The van der Waals surface area contributed by atoms with Gasteiger partial charge in [-0.25, -0.2) is 9.48 Å². The SMILES string of the molecule is O=C(O)c1ccn(-c2cccc(CNC(=O)C3CCCC3)c2)n1. The lowest BCUT2D eigenvalue weighted by atomic mass is 10.1. The molecule has 1 aliphatic carbocycles. The fourth-order valence-electron chi connectivity index (χ4n) is 2.91. The summed E-state index contributed by atoms with van der Waals surface area (Å²) in [4.78, 5) is 23.0. The average Bonchev–Trinajstić information content (AvgIpc) is 3.24. The van der Waals surface area contributed by atoms with Crippen LogP contribution in [0, 0.1) is 5.92 Å². The molecule has 0 atom stereocenters. The van der Waals surface area contributed by atoms with E-state index in [0.29, 0.717) is 6.54 Å². The summed E-state index contributed by atoms with van der Waals surface area (Å²) in [7, 11) is 0. The highest BCUT2D eigenvalue weighted by molar-refractivity contribution is 5.85. The average molecular weight is 313 g/mol. The summed E-state index contributed by atoms with van der Waals surface area (Å²) in [5.41, 5.74) is 1.73. The highest BCUT2D eigenvalue weighted by Gasteiger charge is 2.22. The van der Waals surface area contributed by atoms with Gasteiger partial charge in [0.25, 0.3) is 0 Å². The Bertz CT molecular complexity index is 717. The van der Waals surface area contributed by atoms with Crippen LogP contribution in [0.25, 0.3) is 5.69 Å². The predicted molar refractivity (Wildman–Crippen MR) is 84.3 cm³/mol. The molecule has 6 heteroatoms. The van der Waals surface area contributed by atoms with E-state index in [2.05, 4.69) is 10.4 Å². The second-order valence-corrected chi connectivity index (χ2v) is 5.82. The number of carboxylic acid groups (broad SMARTS) is 1. The molecule has 1 heterocycles. The minimum atomic E-state index is -1.05. The Kier molecular flexibility index (Phi) is 4.41. The highest BCUT2D eigenvalue weighted by Crippen LogP contribution is 2.24. The molecule has 1 aliphatic rings. The van der Waals surface area contributed by atoms with Gasteiger partial charge < -0.3 is 10.4 Å². The maximum absolute atomic E-state index is 12.1. The summed E-state index contributed by atoms with van der Waals surface area (Å²) in [6.45, 7) is 0.468. The van der Waals surface area contributed by atoms with Gasteiger partial charge >= 0.3 is 5.97 Å². The molecule has 0 aliphatic heterocycles. The topological polar surface area (TPSA) is 84.2 Å². The summed E-state index contributed by atoms with van der Waals surface area (Å²) in [5, 5.41) is 15.9. The van der Waals surface area contributed by atoms with Gasteiger partial charge in [-0.3, -0.25) is 4.79 Å². The molecular formula is C17H19N3O3. The van der Waals surface area contributed by atoms with Crippen molar-refractivity contribution in [3.8, 4) is 5.69 Å². The molecule has 1 fully saturated rings. The summed E-state index contributed by atoms with van der Waals surface area (Å²) in [6, 6.07) is 9.00. The van der Waals surface area contributed by atoms with E-state index in [4.69, 9.17) is 5.11 Å². The summed E-state index contributed by atoms with van der Waals surface area (Å²) in [5.74, 6) is -0.772. The third kappa shape index (κ3) is 3.59. The zero-order valence-corrected chi connectivity index (χ0v) is 12.7. The van der Waals surface area contributed by atoms with E-state index in [0.717, 1.165) is 36.9 Å². The monoisotopic (exact) mass is 313 g/mol. The Labute approximate surface area is 134 Å². The smallest absolute Gasteiger partial charge is 0.356 e. The summed E-state index contributed by atoms with van der Waals surface area (Å²) >= 11 is 0. The number of rotatable bonds is 5. The van der Waals surface area contributed by atoms with Crippen molar-refractivity contribution in [3.05, 3.63) is 47.8 Å². The quantitative estimate of drug-likeness (QED) is 0.887. The lowest BCUT2D eigenvalue weighted by molar-refractivity contribution is -0.124. The van der Waals surface area contributed by atoms with Crippen LogP contribution in [0.2, 0.25) is 0 Å². The molecule has 0 unspecified atom stereocenters. The van der Waals surface area contributed by atoms with Crippen molar-refractivity contribution in [1.29, 1.82) is 0 Å². The first-order chi connectivity index (χ1) is 11.1. The maximum Gasteiger partial charge on any atom is 0.356 e. The van der Waals surface area contributed by atoms with Gasteiger partial charge in [0, 0.05) is 18.7 Å². The van der Waals surface area contributed by atoms with E-state index in [1.807, 2.05) is 24.3 Å². The molecule has 1 aromatic carbocycles. The van der Waals surface area contributed by atoms with Crippen molar-refractivity contribution < 1.29 is 14.7 Å². The first-order valence-electron chi connectivity index (χ1n) is 7.79. The number of carbonyl (C=O) groups excluding carboxylic acids is 1. The van der Waals surface area contributed by atoms with Crippen molar-refractivity contribution in [2.75, 3.05) is 0 Å². The molecule has 23 heavy (non-hydrogen) atoms. The Hall–Kier alpha value is -2.63. The number of aromatic nitrogens is 2. The van der Waals surface area contributed by atoms with E-state index in [9.17, 15) is 9.59 Å². The number of nitrogens with one attached hydrogen (secondary N) is 1. The number of amides is 1. The Morgan fingerprint density at radius 2 is 2.04 bits per heavy atom. The van der Waals surface area contributed by atoms with Crippen LogP contribution in [0.15, 0.2) is 36.5 Å². The molecule has 0 radical (unpaired) electrons. The second kappa shape index (κ2) is 6.64.